The fraction of sp³-hybridized carbons (Fsp3) is 0.222. The van der Waals surface area contributed by atoms with Crippen molar-refractivity contribution in [3.05, 3.63) is 24.8 Å². The topological polar surface area (TPSA) is 31.2 Å². The molecule has 4 nitrogen and oxygen atoms in total. The predicted octanol–water partition coefficient (Wildman–Crippen LogP) is 1.48. The molecule has 0 aromatic heterocycles. The van der Waals surface area contributed by atoms with E-state index in [0.29, 0.717) is 5.11 Å². The summed E-state index contributed by atoms with van der Waals surface area (Å²) in [4.78, 5) is 10.7. The van der Waals surface area contributed by atoms with Crippen LogP contribution in [-0.2, 0) is 0 Å². The summed E-state index contributed by atoms with van der Waals surface area (Å²) in [5.41, 5.74) is 0. The van der Waals surface area contributed by atoms with Crippen LogP contribution in [-0.4, -0.2) is 42.4 Å². The molecule has 0 fully saturated rings. The maximum absolute atomic E-state index is 5.15. The van der Waals surface area contributed by atoms with Crippen LogP contribution in [0.3, 0.4) is 0 Å². The van der Waals surface area contributed by atoms with Gasteiger partial charge < -0.3 is 9.80 Å². The number of thiocarbonyl (C=S) groups is 1. The lowest BCUT2D eigenvalue weighted by atomic mass is 10.6. The Bertz CT molecular complexity index is 244. The highest BCUT2D eigenvalue weighted by atomic mass is 32.1. The van der Waals surface area contributed by atoms with Gasteiger partial charge in [0, 0.05) is 38.9 Å². The average molecular weight is 210 g/mol. The van der Waals surface area contributed by atoms with Crippen molar-refractivity contribution in [1.29, 1.82) is 0 Å². The lowest BCUT2D eigenvalue weighted by molar-refractivity contribution is 0.562. The first-order valence-corrected chi connectivity index (χ1v) is 4.29. The highest BCUT2D eigenvalue weighted by Gasteiger charge is 2.03. The number of rotatable bonds is 4. The Hall–Kier alpha value is -1.49. The molecule has 0 amide bonds. The summed E-state index contributed by atoms with van der Waals surface area (Å²) in [5.74, 6) is 0. The van der Waals surface area contributed by atoms with E-state index in [4.69, 9.17) is 12.2 Å². The van der Waals surface area contributed by atoms with Gasteiger partial charge in [-0.25, -0.2) is 0 Å². The van der Waals surface area contributed by atoms with Crippen LogP contribution in [0.5, 0.6) is 0 Å². The van der Waals surface area contributed by atoms with Crippen LogP contribution in [0.2, 0.25) is 0 Å². The molecule has 0 heterocycles. The zero-order valence-corrected chi connectivity index (χ0v) is 9.24. The van der Waals surface area contributed by atoms with E-state index >= 15 is 0 Å². The van der Waals surface area contributed by atoms with E-state index in [-0.39, 0.29) is 0 Å². The van der Waals surface area contributed by atoms with Gasteiger partial charge in [0.05, 0.1) is 0 Å². The Kier molecular flexibility index (Phi) is 6.22. The Labute approximate surface area is 89.9 Å². The van der Waals surface area contributed by atoms with E-state index in [2.05, 4.69) is 23.4 Å². The first kappa shape index (κ1) is 12.5. The molecule has 0 atom stereocenters. The Morgan fingerprint density at radius 2 is 1.43 bits per heavy atom. The third kappa shape index (κ3) is 4.51. The molecule has 5 heteroatoms. The Balaban J connectivity index is 4.30. The highest BCUT2D eigenvalue weighted by molar-refractivity contribution is 7.80. The van der Waals surface area contributed by atoms with Crippen molar-refractivity contribution in [3.63, 3.8) is 0 Å². The van der Waals surface area contributed by atoms with Crippen LogP contribution in [0.4, 0.5) is 0 Å². The van der Waals surface area contributed by atoms with Crippen LogP contribution in [0.15, 0.2) is 34.8 Å². The average Bonchev–Trinajstić information content (AvgIpc) is 2.21. The molecule has 14 heavy (non-hydrogen) atoms. The molecular weight excluding hydrogens is 196 g/mol. The van der Waals surface area contributed by atoms with Crippen molar-refractivity contribution in [1.82, 2.24) is 9.80 Å². The molecule has 0 aliphatic carbocycles. The monoisotopic (exact) mass is 210 g/mol. The maximum Gasteiger partial charge on any atom is 0.179 e. The first-order valence-electron chi connectivity index (χ1n) is 3.88. The fourth-order valence-electron chi connectivity index (χ4n) is 0.671. The van der Waals surface area contributed by atoms with E-state index in [1.54, 1.807) is 34.6 Å². The van der Waals surface area contributed by atoms with Gasteiger partial charge in [-0.2, -0.15) is 0 Å². The third-order valence-electron chi connectivity index (χ3n) is 1.39. The lowest BCUT2D eigenvalue weighted by Crippen LogP contribution is -2.31. The molecule has 0 spiro atoms. The van der Waals surface area contributed by atoms with E-state index in [9.17, 15) is 0 Å². The molecule has 0 saturated carbocycles. The van der Waals surface area contributed by atoms with Crippen LogP contribution < -0.4 is 0 Å². The van der Waals surface area contributed by atoms with Gasteiger partial charge in [-0.05, 0) is 25.7 Å². The molecule has 0 aromatic carbocycles. The molecule has 0 aliphatic heterocycles. The van der Waals surface area contributed by atoms with Crippen molar-refractivity contribution in [2.75, 3.05) is 14.1 Å². The van der Waals surface area contributed by atoms with Crippen LogP contribution >= 0.6 is 12.2 Å². The highest BCUT2D eigenvalue weighted by Crippen LogP contribution is 1.96. The maximum atomic E-state index is 5.15. The normalized spacial score (nSPS) is 10.4. The molecule has 0 N–H and O–H groups in total. The van der Waals surface area contributed by atoms with Gasteiger partial charge in [0.1, 0.15) is 0 Å². The van der Waals surface area contributed by atoms with Crippen molar-refractivity contribution < 1.29 is 0 Å². The summed E-state index contributed by atoms with van der Waals surface area (Å²) in [5, 5.41) is 0.629. The molecule has 0 bridgehead atoms. The van der Waals surface area contributed by atoms with Crippen molar-refractivity contribution in [2.24, 2.45) is 9.98 Å². The van der Waals surface area contributed by atoms with Gasteiger partial charge in [0.2, 0.25) is 0 Å². The van der Waals surface area contributed by atoms with Gasteiger partial charge in [-0.1, -0.05) is 0 Å². The summed E-state index contributed by atoms with van der Waals surface area (Å²) in [6.45, 7) is 6.66. The van der Waals surface area contributed by atoms with Crippen LogP contribution in [0.1, 0.15) is 0 Å². The van der Waals surface area contributed by atoms with E-state index < -0.39 is 0 Å². The van der Waals surface area contributed by atoms with Crippen molar-refractivity contribution in [3.8, 4) is 0 Å². The quantitative estimate of drug-likeness (QED) is 0.520. The summed E-state index contributed by atoms with van der Waals surface area (Å²) in [6, 6.07) is 0. The summed E-state index contributed by atoms with van der Waals surface area (Å²) >= 11 is 5.15. The second-order valence-electron chi connectivity index (χ2n) is 2.47. The summed E-state index contributed by atoms with van der Waals surface area (Å²) in [6.07, 6.45) is 6.58. The molecule has 76 valence electrons. The molecular formula is C9H14N4S. The lowest BCUT2D eigenvalue weighted by Gasteiger charge is -2.21. The SMILES string of the molecule is C=N/C=C\N(C)C(=S)N(C)/C=C\N=C. The van der Waals surface area contributed by atoms with E-state index in [1.165, 1.54) is 0 Å². The predicted molar refractivity (Wildman–Crippen MR) is 65.5 cm³/mol. The van der Waals surface area contributed by atoms with Crippen molar-refractivity contribution in [2.45, 2.75) is 0 Å². The Morgan fingerprint density at radius 3 is 1.71 bits per heavy atom. The van der Waals surface area contributed by atoms with E-state index in [1.807, 2.05) is 14.1 Å². The minimum Gasteiger partial charge on any atom is -0.327 e. The van der Waals surface area contributed by atoms with Gasteiger partial charge in [0.25, 0.3) is 0 Å². The fourth-order valence-corrected chi connectivity index (χ4v) is 0.792. The van der Waals surface area contributed by atoms with Gasteiger partial charge in [-0.3, -0.25) is 9.98 Å². The number of aliphatic imine (C=N–C) groups is 2. The summed E-state index contributed by atoms with van der Waals surface area (Å²) < 4.78 is 0. The number of nitrogens with zero attached hydrogens (tertiary/aromatic N) is 4. The first-order chi connectivity index (χ1) is 6.63. The minimum atomic E-state index is 0.629. The molecule has 0 unspecified atom stereocenters. The third-order valence-corrected chi connectivity index (χ3v) is 1.97. The van der Waals surface area contributed by atoms with Crippen LogP contribution in [0, 0.1) is 0 Å². The number of hydrogen-bond acceptors (Lipinski definition) is 3. The Morgan fingerprint density at radius 1 is 1.07 bits per heavy atom. The molecule has 0 rings (SSSR count). The van der Waals surface area contributed by atoms with Gasteiger partial charge in [0.15, 0.2) is 5.11 Å². The smallest absolute Gasteiger partial charge is 0.179 e. The van der Waals surface area contributed by atoms with E-state index in [0.717, 1.165) is 0 Å². The van der Waals surface area contributed by atoms with Gasteiger partial charge >= 0.3 is 0 Å². The van der Waals surface area contributed by atoms with Gasteiger partial charge in [-0.15, -0.1) is 0 Å². The summed E-state index contributed by atoms with van der Waals surface area (Å²) in [7, 11) is 3.66. The molecule has 0 aliphatic rings. The standard InChI is InChI=1S/C9H14N4S/c1-10-5-7-12(3)9(14)13(4)8-6-11-2/h5-8H,1-2H2,3-4H3/b7-5-,8-6-. The zero-order valence-electron chi connectivity index (χ0n) is 8.42. The van der Waals surface area contributed by atoms with Crippen LogP contribution in [0.25, 0.3) is 0 Å². The molecule has 0 saturated heterocycles. The second kappa shape index (κ2) is 6.97. The largest absolute Gasteiger partial charge is 0.327 e. The molecule has 0 aromatic rings. The number of hydrogen-bond donors (Lipinski definition) is 0. The van der Waals surface area contributed by atoms with Crippen molar-refractivity contribution >= 4 is 30.8 Å². The molecule has 0 radical (unpaired) electrons. The zero-order chi connectivity index (χ0) is 11.0. The second-order valence-corrected chi connectivity index (χ2v) is 2.83. The minimum absolute atomic E-state index is 0.629.